The number of aliphatic carboxylic acids is 1. The van der Waals surface area contributed by atoms with Crippen LogP contribution in [0, 0.1) is 11.8 Å². The summed E-state index contributed by atoms with van der Waals surface area (Å²) in [6, 6.07) is -7.52. The van der Waals surface area contributed by atoms with Crippen LogP contribution in [0.4, 0.5) is 0 Å². The molecule has 0 aromatic rings. The molecule has 0 spiro atoms. The van der Waals surface area contributed by atoms with E-state index in [4.69, 9.17) is 0 Å². The number of amides is 8. The van der Waals surface area contributed by atoms with E-state index in [-0.39, 0.29) is 37.8 Å². The van der Waals surface area contributed by atoms with Gasteiger partial charge in [-0.3, -0.25) is 38.4 Å². The lowest BCUT2D eigenvalue weighted by Gasteiger charge is -2.31. The molecule has 0 unspecified atom stereocenters. The summed E-state index contributed by atoms with van der Waals surface area (Å²) in [6.07, 6.45) is 0.611. The van der Waals surface area contributed by atoms with Gasteiger partial charge < -0.3 is 51.9 Å². The third-order valence-electron chi connectivity index (χ3n) is 9.37. The Morgan fingerprint density at radius 3 is 1.65 bits per heavy atom. The molecule has 310 valence electrons. The molecule has 2 fully saturated rings. The predicted molar refractivity (Wildman–Crippen MR) is 197 cm³/mol. The van der Waals surface area contributed by atoms with Crippen LogP contribution in [0.15, 0.2) is 0 Å². The van der Waals surface area contributed by atoms with Crippen molar-refractivity contribution < 1.29 is 53.4 Å². The zero-order chi connectivity index (χ0) is 41.7. The van der Waals surface area contributed by atoms with Crippen LogP contribution < -0.4 is 31.9 Å². The third kappa shape index (κ3) is 14.1. The number of hydrogen-bond acceptors (Lipinski definition) is 10. The fraction of sp³-hybridized carbons (Fsp3) is 0.750. The van der Waals surface area contributed by atoms with Crippen molar-refractivity contribution in [2.24, 2.45) is 11.8 Å². The van der Waals surface area contributed by atoms with Gasteiger partial charge in [0.05, 0.1) is 12.6 Å². The third-order valence-corrected chi connectivity index (χ3v) is 9.37. The molecule has 2 rings (SSSR count). The molecular formula is C36H60N8O11. The number of carboxylic acids is 1. The molecular weight excluding hydrogens is 720 g/mol. The Hall–Kier alpha value is -4.81. The molecule has 8 atom stereocenters. The maximum absolute atomic E-state index is 13.7. The number of carboxylic acid groups (broad SMARTS) is 1. The summed E-state index contributed by atoms with van der Waals surface area (Å²) in [5.74, 6) is -6.24. The molecule has 8 N–H and O–H groups in total. The summed E-state index contributed by atoms with van der Waals surface area (Å²) in [6.45, 7) is 12.7. The van der Waals surface area contributed by atoms with Crippen molar-refractivity contribution in [1.29, 1.82) is 0 Å². The molecule has 2 aliphatic heterocycles. The van der Waals surface area contributed by atoms with Crippen molar-refractivity contribution in [1.82, 2.24) is 41.7 Å². The largest absolute Gasteiger partial charge is 0.480 e. The summed E-state index contributed by atoms with van der Waals surface area (Å²) >= 11 is 0. The van der Waals surface area contributed by atoms with Crippen molar-refractivity contribution in [2.45, 2.75) is 142 Å². The van der Waals surface area contributed by atoms with Crippen LogP contribution in [0.25, 0.3) is 0 Å². The van der Waals surface area contributed by atoms with E-state index >= 15 is 0 Å². The van der Waals surface area contributed by atoms with Gasteiger partial charge in [0.2, 0.25) is 47.3 Å². The first kappa shape index (κ1) is 46.3. The fourth-order valence-electron chi connectivity index (χ4n) is 6.66. The molecule has 0 radical (unpaired) electrons. The average molecular weight is 781 g/mol. The topological polar surface area (TPSA) is 273 Å². The van der Waals surface area contributed by atoms with Gasteiger partial charge in [0, 0.05) is 20.0 Å². The predicted octanol–water partition coefficient (Wildman–Crippen LogP) is -1.87. The van der Waals surface area contributed by atoms with Crippen LogP contribution >= 0.6 is 0 Å². The van der Waals surface area contributed by atoms with E-state index in [1.54, 1.807) is 13.8 Å². The van der Waals surface area contributed by atoms with E-state index in [1.807, 2.05) is 13.8 Å². The van der Waals surface area contributed by atoms with Crippen LogP contribution in [0.5, 0.6) is 0 Å². The molecule has 19 nitrogen and oxygen atoms in total. The van der Waals surface area contributed by atoms with Gasteiger partial charge in [-0.05, 0) is 71.1 Å². The summed E-state index contributed by atoms with van der Waals surface area (Å²) < 4.78 is 0. The van der Waals surface area contributed by atoms with Gasteiger partial charge in [-0.2, -0.15) is 0 Å². The lowest BCUT2D eigenvalue weighted by molar-refractivity contribution is -0.144. The van der Waals surface area contributed by atoms with Gasteiger partial charge in [-0.25, -0.2) is 4.79 Å². The monoisotopic (exact) mass is 780 g/mol. The Bertz CT molecular complexity index is 1440. The first-order valence-electron chi connectivity index (χ1n) is 18.9. The van der Waals surface area contributed by atoms with Crippen LogP contribution in [-0.4, -0.2) is 141 Å². The number of nitrogens with zero attached hydrogens (tertiary/aromatic N) is 2. The molecule has 0 aromatic carbocycles. The molecule has 2 saturated heterocycles. The highest BCUT2D eigenvalue weighted by Gasteiger charge is 2.41. The molecule has 2 heterocycles. The van der Waals surface area contributed by atoms with Crippen molar-refractivity contribution in [3.8, 4) is 0 Å². The normalized spacial score (nSPS) is 20.1. The quantitative estimate of drug-likeness (QED) is 0.0719. The van der Waals surface area contributed by atoms with Crippen molar-refractivity contribution >= 4 is 53.2 Å². The van der Waals surface area contributed by atoms with E-state index < -0.39 is 108 Å². The minimum Gasteiger partial charge on any atom is -0.480 e. The minimum atomic E-state index is -1.50. The Balaban J connectivity index is 2.02. The van der Waals surface area contributed by atoms with Crippen LogP contribution in [0.2, 0.25) is 0 Å². The molecule has 19 heteroatoms. The highest BCUT2D eigenvalue weighted by atomic mass is 16.4. The average Bonchev–Trinajstić information content (AvgIpc) is 3.78. The second kappa shape index (κ2) is 21.3. The summed E-state index contributed by atoms with van der Waals surface area (Å²) in [5, 5.41) is 34.5. The molecule has 0 aromatic heterocycles. The van der Waals surface area contributed by atoms with E-state index in [1.165, 1.54) is 37.5 Å². The van der Waals surface area contributed by atoms with Gasteiger partial charge in [0.1, 0.15) is 42.3 Å². The number of rotatable bonds is 19. The Labute approximate surface area is 321 Å². The minimum absolute atomic E-state index is 0.0125. The Morgan fingerprint density at radius 2 is 1.15 bits per heavy atom. The smallest absolute Gasteiger partial charge is 0.326 e. The second-order valence-corrected chi connectivity index (χ2v) is 15.3. The molecule has 8 amide bonds. The summed E-state index contributed by atoms with van der Waals surface area (Å²) in [5.41, 5.74) is 0. The highest BCUT2D eigenvalue weighted by molar-refractivity contribution is 5.97. The van der Waals surface area contributed by atoms with E-state index in [9.17, 15) is 53.4 Å². The first-order chi connectivity index (χ1) is 25.6. The first-order valence-corrected chi connectivity index (χ1v) is 18.9. The van der Waals surface area contributed by atoms with Crippen molar-refractivity contribution in [3.63, 3.8) is 0 Å². The number of hydrogen-bond donors (Lipinski definition) is 8. The summed E-state index contributed by atoms with van der Waals surface area (Å²) in [4.78, 5) is 118. The van der Waals surface area contributed by atoms with Crippen LogP contribution in [0.1, 0.15) is 93.9 Å². The van der Waals surface area contributed by atoms with E-state index in [0.717, 1.165) is 0 Å². The number of likely N-dealkylation sites (tertiary alicyclic amines) is 2. The van der Waals surface area contributed by atoms with E-state index in [0.29, 0.717) is 25.7 Å². The van der Waals surface area contributed by atoms with Gasteiger partial charge in [-0.15, -0.1) is 0 Å². The van der Waals surface area contributed by atoms with Crippen LogP contribution in [0.3, 0.4) is 0 Å². The van der Waals surface area contributed by atoms with Gasteiger partial charge in [0.25, 0.3) is 0 Å². The maximum Gasteiger partial charge on any atom is 0.326 e. The maximum atomic E-state index is 13.7. The fourth-order valence-corrected chi connectivity index (χ4v) is 6.66. The Morgan fingerprint density at radius 1 is 0.636 bits per heavy atom. The molecule has 0 aliphatic carbocycles. The lowest BCUT2D eigenvalue weighted by atomic mass is 10.0. The van der Waals surface area contributed by atoms with Crippen LogP contribution in [-0.2, 0) is 43.2 Å². The Kier molecular flexibility index (Phi) is 18.0. The number of carbonyl (C=O) groups is 9. The van der Waals surface area contributed by atoms with Gasteiger partial charge in [0.15, 0.2) is 0 Å². The molecule has 0 saturated carbocycles. The van der Waals surface area contributed by atoms with Gasteiger partial charge >= 0.3 is 5.97 Å². The standard InChI is InChI=1S/C36H60N8O11/c1-18(2)15-24(40-30(48)20(5)38-23(8)46)35(53)44-14-10-12-27(44)32(50)39-21(6)34(52)43-13-9-11-26(43)31(49)37-17-28(47)42-29(22(7)45)33(51)41-25(36(54)55)16-19(3)4/h18-22,24-27,29,45H,9-17H2,1-8H3,(H,37,49)(H,38,46)(H,39,50)(H,40,48)(H,41,51)(H,42,47)(H,54,55)/t20-,21-,22+,24-,25-,26-,27-,29-/m0/s1. The second-order valence-electron chi connectivity index (χ2n) is 15.3. The van der Waals surface area contributed by atoms with Crippen molar-refractivity contribution in [2.75, 3.05) is 19.6 Å². The zero-order valence-electron chi connectivity index (χ0n) is 33.1. The number of aliphatic hydroxyl groups excluding tert-OH is 1. The van der Waals surface area contributed by atoms with Crippen molar-refractivity contribution in [3.05, 3.63) is 0 Å². The molecule has 55 heavy (non-hydrogen) atoms. The SMILES string of the molecule is CC(=O)N[C@@H](C)C(=O)N[C@@H](CC(C)C)C(=O)N1CCC[C@H]1C(=O)N[C@@H](C)C(=O)N1CCC[C@H]1C(=O)NCC(=O)N[C@H](C(=O)N[C@@H](CC(C)C)C(=O)O)[C@@H](C)O. The highest BCUT2D eigenvalue weighted by Crippen LogP contribution is 2.22. The number of carbonyl (C=O) groups excluding carboxylic acids is 8. The van der Waals surface area contributed by atoms with E-state index in [2.05, 4.69) is 31.9 Å². The number of aliphatic hydroxyl groups is 1. The summed E-state index contributed by atoms with van der Waals surface area (Å²) in [7, 11) is 0. The molecule has 0 bridgehead atoms. The zero-order valence-corrected chi connectivity index (χ0v) is 33.1. The number of nitrogens with one attached hydrogen (secondary N) is 6. The molecule has 2 aliphatic rings. The van der Waals surface area contributed by atoms with Gasteiger partial charge in [-0.1, -0.05) is 27.7 Å². The lowest BCUT2D eigenvalue weighted by Crippen LogP contribution is -2.58.